The lowest BCUT2D eigenvalue weighted by molar-refractivity contribution is 0.112. The SMILES string of the molecule is COc1ccc2cccc(OC)c2c1C=O. The van der Waals surface area contributed by atoms with Crippen LogP contribution >= 0.6 is 0 Å². The minimum atomic E-state index is 0.525. The fraction of sp³-hybridized carbons (Fsp3) is 0.154. The molecule has 0 spiro atoms. The van der Waals surface area contributed by atoms with Crippen LogP contribution in [0.3, 0.4) is 0 Å². The van der Waals surface area contributed by atoms with Gasteiger partial charge in [0.1, 0.15) is 11.5 Å². The Hall–Kier alpha value is -2.03. The van der Waals surface area contributed by atoms with E-state index in [1.54, 1.807) is 20.3 Å². The molecule has 2 aromatic carbocycles. The molecule has 82 valence electrons. The molecule has 0 saturated carbocycles. The molecule has 2 aromatic rings. The Morgan fingerprint density at radius 3 is 2.38 bits per heavy atom. The molecule has 0 aliphatic heterocycles. The van der Waals surface area contributed by atoms with Crippen LogP contribution in [0.4, 0.5) is 0 Å². The molecular formula is C13H12O3. The van der Waals surface area contributed by atoms with Crippen LogP contribution in [0.1, 0.15) is 10.4 Å². The molecule has 2 rings (SSSR count). The molecule has 0 atom stereocenters. The number of hydrogen-bond acceptors (Lipinski definition) is 3. The van der Waals surface area contributed by atoms with E-state index in [4.69, 9.17) is 9.47 Å². The van der Waals surface area contributed by atoms with Crippen molar-refractivity contribution in [2.75, 3.05) is 14.2 Å². The van der Waals surface area contributed by atoms with Crippen LogP contribution in [0.25, 0.3) is 10.8 Å². The average molecular weight is 216 g/mol. The van der Waals surface area contributed by atoms with Gasteiger partial charge in [0.05, 0.1) is 19.8 Å². The number of fused-ring (bicyclic) bond motifs is 1. The predicted molar refractivity (Wildman–Crippen MR) is 62.4 cm³/mol. The second-order valence-corrected chi connectivity index (χ2v) is 3.36. The largest absolute Gasteiger partial charge is 0.496 e. The molecular weight excluding hydrogens is 204 g/mol. The fourth-order valence-electron chi connectivity index (χ4n) is 1.82. The maximum atomic E-state index is 11.1. The molecule has 0 saturated heterocycles. The number of carbonyl (C=O) groups is 1. The molecule has 16 heavy (non-hydrogen) atoms. The van der Waals surface area contributed by atoms with Gasteiger partial charge in [-0.05, 0) is 17.5 Å². The summed E-state index contributed by atoms with van der Waals surface area (Å²) < 4.78 is 10.4. The van der Waals surface area contributed by atoms with E-state index in [0.717, 1.165) is 17.1 Å². The van der Waals surface area contributed by atoms with Crippen molar-refractivity contribution in [1.29, 1.82) is 0 Å². The van der Waals surface area contributed by atoms with Crippen LogP contribution in [-0.4, -0.2) is 20.5 Å². The molecule has 0 bridgehead atoms. The third-order valence-electron chi connectivity index (χ3n) is 2.57. The summed E-state index contributed by atoms with van der Waals surface area (Å²) in [5.41, 5.74) is 0.525. The summed E-state index contributed by atoms with van der Waals surface area (Å²) in [6.07, 6.45) is 0.795. The normalized spacial score (nSPS) is 10.1. The lowest BCUT2D eigenvalue weighted by atomic mass is 10.0. The monoisotopic (exact) mass is 216 g/mol. The van der Waals surface area contributed by atoms with E-state index in [-0.39, 0.29) is 0 Å². The Morgan fingerprint density at radius 1 is 1.00 bits per heavy atom. The summed E-state index contributed by atoms with van der Waals surface area (Å²) in [5, 5.41) is 1.75. The van der Waals surface area contributed by atoms with Gasteiger partial charge in [0.2, 0.25) is 0 Å². The molecule has 3 nitrogen and oxygen atoms in total. The number of methoxy groups -OCH3 is 2. The van der Waals surface area contributed by atoms with Gasteiger partial charge in [-0.1, -0.05) is 18.2 Å². The first-order valence-electron chi connectivity index (χ1n) is 4.90. The number of hydrogen-bond donors (Lipinski definition) is 0. The number of carbonyl (C=O) groups excluding carboxylic acids is 1. The van der Waals surface area contributed by atoms with Gasteiger partial charge in [-0.25, -0.2) is 0 Å². The van der Waals surface area contributed by atoms with Gasteiger partial charge in [-0.15, -0.1) is 0 Å². The number of benzene rings is 2. The van der Waals surface area contributed by atoms with Crippen molar-refractivity contribution in [2.45, 2.75) is 0 Å². The highest BCUT2D eigenvalue weighted by Gasteiger charge is 2.11. The third-order valence-corrected chi connectivity index (χ3v) is 2.57. The van der Waals surface area contributed by atoms with Crippen LogP contribution in [0.2, 0.25) is 0 Å². The summed E-state index contributed by atoms with van der Waals surface area (Å²) in [5.74, 6) is 1.24. The van der Waals surface area contributed by atoms with Gasteiger partial charge in [0.25, 0.3) is 0 Å². The Kier molecular flexibility index (Phi) is 2.77. The van der Waals surface area contributed by atoms with Crippen molar-refractivity contribution in [3.63, 3.8) is 0 Å². The minimum absolute atomic E-state index is 0.525. The van der Waals surface area contributed by atoms with Gasteiger partial charge in [0, 0.05) is 5.39 Å². The maximum absolute atomic E-state index is 11.1. The van der Waals surface area contributed by atoms with Crippen molar-refractivity contribution in [3.05, 3.63) is 35.9 Å². The zero-order valence-corrected chi connectivity index (χ0v) is 9.19. The van der Waals surface area contributed by atoms with Crippen molar-refractivity contribution in [3.8, 4) is 11.5 Å². The standard InChI is InChI=1S/C13H12O3/c1-15-11-7-6-9-4-3-5-12(16-2)13(9)10(11)8-14/h3-8H,1-2H3. The van der Waals surface area contributed by atoms with E-state index in [2.05, 4.69) is 0 Å². The van der Waals surface area contributed by atoms with Gasteiger partial charge in [-0.3, -0.25) is 4.79 Å². The van der Waals surface area contributed by atoms with E-state index in [9.17, 15) is 4.79 Å². The summed E-state index contributed by atoms with van der Waals surface area (Å²) in [4.78, 5) is 11.1. The van der Waals surface area contributed by atoms with Crippen LogP contribution in [-0.2, 0) is 0 Å². The topological polar surface area (TPSA) is 35.5 Å². The molecule has 0 N–H and O–H groups in total. The molecule has 0 aliphatic rings. The molecule has 0 unspecified atom stereocenters. The molecule has 0 radical (unpaired) electrons. The van der Waals surface area contributed by atoms with Crippen LogP contribution in [0, 0.1) is 0 Å². The van der Waals surface area contributed by atoms with Gasteiger partial charge < -0.3 is 9.47 Å². The Balaban J connectivity index is 2.88. The zero-order chi connectivity index (χ0) is 11.5. The summed E-state index contributed by atoms with van der Waals surface area (Å²) >= 11 is 0. The van der Waals surface area contributed by atoms with E-state index in [1.165, 1.54) is 0 Å². The van der Waals surface area contributed by atoms with E-state index < -0.39 is 0 Å². The Bertz CT molecular complexity index is 532. The highest BCUT2D eigenvalue weighted by atomic mass is 16.5. The van der Waals surface area contributed by atoms with Crippen molar-refractivity contribution in [1.82, 2.24) is 0 Å². The van der Waals surface area contributed by atoms with Crippen LogP contribution in [0.5, 0.6) is 11.5 Å². The third kappa shape index (κ3) is 1.50. The second kappa shape index (κ2) is 4.23. The molecule has 0 heterocycles. The van der Waals surface area contributed by atoms with E-state index in [1.807, 2.05) is 24.3 Å². The van der Waals surface area contributed by atoms with Crippen molar-refractivity contribution >= 4 is 17.1 Å². The number of ether oxygens (including phenoxy) is 2. The smallest absolute Gasteiger partial charge is 0.154 e. The Labute approximate surface area is 93.6 Å². The first kappa shape index (κ1) is 10.5. The predicted octanol–water partition coefficient (Wildman–Crippen LogP) is 2.67. The van der Waals surface area contributed by atoms with E-state index in [0.29, 0.717) is 17.1 Å². The van der Waals surface area contributed by atoms with E-state index >= 15 is 0 Å². The number of aldehydes is 1. The molecule has 0 fully saturated rings. The van der Waals surface area contributed by atoms with Gasteiger partial charge in [0.15, 0.2) is 6.29 Å². The molecule has 3 heteroatoms. The lowest BCUT2D eigenvalue weighted by Crippen LogP contribution is -1.94. The molecule has 0 aliphatic carbocycles. The number of rotatable bonds is 3. The maximum Gasteiger partial charge on any atom is 0.154 e. The highest BCUT2D eigenvalue weighted by molar-refractivity contribution is 6.04. The van der Waals surface area contributed by atoms with Gasteiger partial charge in [-0.2, -0.15) is 0 Å². The second-order valence-electron chi connectivity index (χ2n) is 3.36. The summed E-state index contributed by atoms with van der Waals surface area (Å²) in [6.45, 7) is 0. The van der Waals surface area contributed by atoms with Crippen LogP contribution in [0.15, 0.2) is 30.3 Å². The Morgan fingerprint density at radius 2 is 1.75 bits per heavy atom. The minimum Gasteiger partial charge on any atom is -0.496 e. The quantitative estimate of drug-likeness (QED) is 0.740. The summed E-state index contributed by atoms with van der Waals surface area (Å²) in [7, 11) is 3.13. The lowest BCUT2D eigenvalue weighted by Gasteiger charge is -2.10. The van der Waals surface area contributed by atoms with Crippen LogP contribution < -0.4 is 9.47 Å². The molecule has 0 amide bonds. The molecule has 0 aromatic heterocycles. The highest BCUT2D eigenvalue weighted by Crippen LogP contribution is 2.33. The summed E-state index contributed by atoms with van der Waals surface area (Å²) in [6, 6.07) is 9.34. The average Bonchev–Trinajstić information content (AvgIpc) is 2.36. The first-order chi connectivity index (χ1) is 7.81. The van der Waals surface area contributed by atoms with Crippen molar-refractivity contribution in [2.24, 2.45) is 0 Å². The first-order valence-corrected chi connectivity index (χ1v) is 4.90. The van der Waals surface area contributed by atoms with Crippen molar-refractivity contribution < 1.29 is 14.3 Å². The fourth-order valence-corrected chi connectivity index (χ4v) is 1.82. The van der Waals surface area contributed by atoms with Gasteiger partial charge >= 0.3 is 0 Å². The zero-order valence-electron chi connectivity index (χ0n) is 9.19.